The van der Waals surface area contributed by atoms with Crippen LogP contribution in [0.15, 0.2) is 24.4 Å². The molecule has 228 valence electrons. The van der Waals surface area contributed by atoms with Crippen molar-refractivity contribution in [1.29, 1.82) is 0 Å². The Morgan fingerprint density at radius 2 is 1.69 bits per heavy atom. The van der Waals surface area contributed by atoms with Crippen LogP contribution in [0.4, 0.5) is 20.4 Å². The summed E-state index contributed by atoms with van der Waals surface area (Å²) in [7, 11) is 0. The van der Waals surface area contributed by atoms with E-state index >= 15 is 0 Å². The van der Waals surface area contributed by atoms with Crippen LogP contribution in [-0.2, 0) is 11.2 Å². The van der Waals surface area contributed by atoms with Crippen molar-refractivity contribution in [1.82, 2.24) is 24.4 Å². The summed E-state index contributed by atoms with van der Waals surface area (Å²) in [6.07, 6.45) is 14.9. The van der Waals surface area contributed by atoms with E-state index < -0.39 is 11.6 Å². The molecule has 2 aromatic heterocycles. The Morgan fingerprint density at radius 1 is 0.929 bits per heavy atom. The minimum Gasteiger partial charge on any atom is -0.380 e. The van der Waals surface area contributed by atoms with Gasteiger partial charge >= 0.3 is 0 Å². The van der Waals surface area contributed by atoms with Crippen LogP contribution in [0.2, 0.25) is 0 Å². The van der Waals surface area contributed by atoms with E-state index in [4.69, 9.17) is 20.4 Å². The average molecular weight is 582 g/mol. The lowest BCUT2D eigenvalue weighted by Gasteiger charge is -2.31. The van der Waals surface area contributed by atoms with E-state index in [1.165, 1.54) is 44.5 Å². The van der Waals surface area contributed by atoms with E-state index in [1.54, 1.807) is 6.20 Å². The molecule has 42 heavy (non-hydrogen) atoms. The summed E-state index contributed by atoms with van der Waals surface area (Å²) < 4.78 is 36.5. The number of nitrogens with one attached hydrogen (secondary N) is 1. The lowest BCUT2D eigenvalue weighted by Crippen LogP contribution is -2.33. The normalized spacial score (nSPS) is 25.6. The minimum absolute atomic E-state index is 0.168. The van der Waals surface area contributed by atoms with Crippen molar-refractivity contribution in [3.05, 3.63) is 41.9 Å². The number of imidazole rings is 1. The number of hydrogen-bond donors (Lipinski definition) is 2. The van der Waals surface area contributed by atoms with Gasteiger partial charge in [0, 0.05) is 37.7 Å². The molecule has 10 heteroatoms. The summed E-state index contributed by atoms with van der Waals surface area (Å²) in [6, 6.07) is 4.03. The number of anilines is 2. The topological polar surface area (TPSA) is 94.1 Å². The molecule has 3 aliphatic rings. The van der Waals surface area contributed by atoms with Crippen LogP contribution in [-0.4, -0.2) is 63.3 Å². The molecule has 0 atom stereocenters. The highest BCUT2D eigenvalue weighted by Gasteiger charge is 2.28. The highest BCUT2D eigenvalue weighted by molar-refractivity contribution is 5.75. The predicted molar refractivity (Wildman–Crippen MR) is 161 cm³/mol. The lowest BCUT2D eigenvalue weighted by atomic mass is 9.84. The third-order valence-electron chi connectivity index (χ3n) is 9.56. The summed E-state index contributed by atoms with van der Waals surface area (Å²) in [5.41, 5.74) is 7.76. The third-order valence-corrected chi connectivity index (χ3v) is 9.56. The average Bonchev–Trinajstić information content (AvgIpc) is 3.36. The molecule has 3 aromatic rings. The minimum atomic E-state index is -0.652. The van der Waals surface area contributed by atoms with Crippen molar-refractivity contribution in [2.24, 2.45) is 17.6 Å². The number of benzene rings is 1. The third kappa shape index (κ3) is 7.26. The van der Waals surface area contributed by atoms with Gasteiger partial charge in [0.15, 0.2) is 5.65 Å². The zero-order valence-corrected chi connectivity index (χ0v) is 24.6. The second kappa shape index (κ2) is 13.7. The number of likely N-dealkylation sites (tertiary alicyclic amines) is 1. The first-order valence-electron chi connectivity index (χ1n) is 16.0. The van der Waals surface area contributed by atoms with E-state index in [0.717, 1.165) is 95.1 Å². The van der Waals surface area contributed by atoms with Crippen LogP contribution in [0.5, 0.6) is 0 Å². The fourth-order valence-electron chi connectivity index (χ4n) is 7.02. The molecule has 6 rings (SSSR count). The number of ether oxygens (including phenoxy) is 1. The van der Waals surface area contributed by atoms with Gasteiger partial charge in [0.2, 0.25) is 5.95 Å². The molecule has 3 N–H and O–H groups in total. The molecule has 0 bridgehead atoms. The number of hydrogen-bond acceptors (Lipinski definition) is 7. The van der Waals surface area contributed by atoms with Gasteiger partial charge in [0.25, 0.3) is 0 Å². The van der Waals surface area contributed by atoms with Crippen molar-refractivity contribution in [3.63, 3.8) is 0 Å². The van der Waals surface area contributed by atoms with Crippen LogP contribution < -0.4 is 11.1 Å². The number of rotatable bonds is 10. The second-order valence-corrected chi connectivity index (χ2v) is 12.7. The van der Waals surface area contributed by atoms with Crippen LogP contribution >= 0.6 is 0 Å². The Morgan fingerprint density at radius 3 is 2.45 bits per heavy atom. The number of nitrogens with zero attached hydrogens (tertiary/aromatic N) is 5. The van der Waals surface area contributed by atoms with Crippen molar-refractivity contribution in [2.45, 2.75) is 89.1 Å². The molecule has 3 fully saturated rings. The predicted octanol–water partition coefficient (Wildman–Crippen LogP) is 6.14. The van der Waals surface area contributed by atoms with Gasteiger partial charge in [-0.1, -0.05) is 6.42 Å². The molecule has 0 spiro atoms. The highest BCUT2D eigenvalue weighted by atomic mass is 19.1. The van der Waals surface area contributed by atoms with E-state index in [1.807, 2.05) is 0 Å². The molecule has 2 aliphatic carbocycles. The molecule has 0 amide bonds. The van der Waals surface area contributed by atoms with Gasteiger partial charge in [0.1, 0.15) is 23.0 Å². The maximum Gasteiger partial charge on any atom is 0.210 e. The first kappa shape index (κ1) is 29.4. The zero-order chi connectivity index (χ0) is 28.9. The Kier molecular flexibility index (Phi) is 9.61. The molecule has 1 aromatic carbocycles. The van der Waals surface area contributed by atoms with Gasteiger partial charge < -0.3 is 20.7 Å². The van der Waals surface area contributed by atoms with Crippen molar-refractivity contribution >= 4 is 22.8 Å². The van der Waals surface area contributed by atoms with E-state index in [-0.39, 0.29) is 11.7 Å². The van der Waals surface area contributed by atoms with E-state index in [2.05, 4.69) is 19.8 Å². The van der Waals surface area contributed by atoms with Crippen LogP contribution in [0, 0.1) is 23.5 Å². The van der Waals surface area contributed by atoms with Crippen LogP contribution in [0.1, 0.15) is 82.5 Å². The fourth-order valence-corrected chi connectivity index (χ4v) is 7.02. The number of halogens is 2. The van der Waals surface area contributed by atoms with Gasteiger partial charge in [-0.2, -0.15) is 0 Å². The summed E-state index contributed by atoms with van der Waals surface area (Å²) in [4.78, 5) is 17.0. The van der Waals surface area contributed by atoms with Gasteiger partial charge in [-0.3, -0.25) is 4.57 Å². The van der Waals surface area contributed by atoms with Crippen molar-refractivity contribution in [2.75, 3.05) is 38.2 Å². The number of nitrogens with two attached hydrogens (primary N) is 1. The molecule has 2 saturated carbocycles. The molecule has 1 saturated heterocycles. The number of aromatic nitrogens is 4. The zero-order valence-electron chi connectivity index (χ0n) is 24.6. The molecule has 3 heterocycles. The lowest BCUT2D eigenvalue weighted by molar-refractivity contribution is 0.0587. The number of fused-ring (bicyclic) bond motifs is 1. The summed E-state index contributed by atoms with van der Waals surface area (Å²) >= 11 is 0. The van der Waals surface area contributed by atoms with E-state index in [0.29, 0.717) is 29.3 Å². The molecular formula is C32H45F2N7O. The molecular weight excluding hydrogens is 536 g/mol. The van der Waals surface area contributed by atoms with Crippen LogP contribution in [0.3, 0.4) is 0 Å². The Labute approximate surface area is 247 Å². The first-order chi connectivity index (χ1) is 20.5. The highest BCUT2D eigenvalue weighted by Crippen LogP contribution is 2.37. The summed E-state index contributed by atoms with van der Waals surface area (Å²) in [5, 5.41) is 3.14. The maximum absolute atomic E-state index is 14.6. The quantitative estimate of drug-likeness (QED) is 0.278. The Bertz CT molecular complexity index is 1310. The summed E-state index contributed by atoms with van der Waals surface area (Å²) in [5.74, 6) is 1.15. The fraction of sp³-hybridized carbons (Fsp3) is 0.656. The monoisotopic (exact) mass is 581 g/mol. The molecule has 8 nitrogen and oxygen atoms in total. The maximum atomic E-state index is 14.6. The Hall–Kier alpha value is -2.69. The largest absolute Gasteiger partial charge is 0.380 e. The van der Waals surface area contributed by atoms with Gasteiger partial charge in [-0.05, 0) is 101 Å². The Balaban J connectivity index is 1.16. The van der Waals surface area contributed by atoms with Gasteiger partial charge in [-0.15, -0.1) is 0 Å². The van der Waals surface area contributed by atoms with Crippen molar-refractivity contribution < 1.29 is 13.5 Å². The molecule has 0 unspecified atom stereocenters. The standard InChI is InChI=1S/C32H45F2N7O/c33-24-8-13-28(27(34)19-24)37-32-38-29-20-36-30(18-22-4-9-25(35)10-5-22)39-31(29)41(32)26-11-6-23(7-12-26)21-42-17-16-40-14-2-1-3-15-40/h8,13,19-20,22-23,25-26H,1-7,9-12,14-18,21,35H2,(H,37,38). The van der Waals surface area contributed by atoms with Gasteiger partial charge in [-0.25, -0.2) is 23.7 Å². The van der Waals surface area contributed by atoms with E-state index in [9.17, 15) is 8.78 Å². The summed E-state index contributed by atoms with van der Waals surface area (Å²) in [6.45, 7) is 5.03. The SMILES string of the molecule is NC1CCC(Cc2ncc3nc(Nc4ccc(F)cc4F)n(C4CCC(COCCN5CCCCC5)CC4)c3n2)CC1. The molecule has 1 aliphatic heterocycles. The smallest absolute Gasteiger partial charge is 0.210 e. The second-order valence-electron chi connectivity index (χ2n) is 12.7. The van der Waals surface area contributed by atoms with Crippen LogP contribution in [0.25, 0.3) is 11.2 Å². The number of piperidine rings is 1. The molecule has 0 radical (unpaired) electrons. The van der Waals surface area contributed by atoms with Gasteiger partial charge in [0.05, 0.1) is 18.5 Å². The first-order valence-corrected chi connectivity index (χ1v) is 16.0. The van der Waals surface area contributed by atoms with Crippen molar-refractivity contribution in [3.8, 4) is 0 Å².